The van der Waals surface area contributed by atoms with E-state index in [1.165, 1.54) is 12.8 Å². The van der Waals surface area contributed by atoms with Crippen molar-refractivity contribution >= 4 is 27.5 Å². The minimum absolute atomic E-state index is 0.230. The molecule has 0 heterocycles. The van der Waals surface area contributed by atoms with Crippen molar-refractivity contribution in [2.24, 2.45) is 0 Å². The summed E-state index contributed by atoms with van der Waals surface area (Å²) in [5.74, 6) is 0. The Morgan fingerprint density at radius 2 is 2.27 bits per heavy atom. The van der Waals surface area contributed by atoms with Crippen molar-refractivity contribution in [2.75, 3.05) is 0 Å². The van der Waals surface area contributed by atoms with E-state index in [4.69, 9.17) is 16.9 Å². The second-order valence-corrected chi connectivity index (χ2v) is 4.94. The van der Waals surface area contributed by atoms with Crippen LogP contribution < -0.4 is 5.32 Å². The molecule has 15 heavy (non-hydrogen) atoms. The maximum Gasteiger partial charge on any atom is 0.121 e. The first-order valence-corrected chi connectivity index (χ1v) is 5.98. The van der Waals surface area contributed by atoms with Crippen LogP contribution in [0.25, 0.3) is 0 Å². The van der Waals surface area contributed by atoms with Crippen molar-refractivity contribution in [3.05, 3.63) is 33.3 Å². The number of nitriles is 1. The summed E-state index contributed by atoms with van der Waals surface area (Å²) in [4.78, 5) is 0. The maximum atomic E-state index is 9.06. The Balaban J connectivity index is 2.18. The molecule has 1 aliphatic carbocycles. The molecule has 1 aromatic rings. The van der Waals surface area contributed by atoms with Gasteiger partial charge in [-0.2, -0.15) is 5.26 Å². The number of hydrogen-bond donors (Lipinski definition) is 1. The Bertz CT molecular complexity index is 410. The van der Waals surface area contributed by atoms with Gasteiger partial charge in [0.2, 0.25) is 0 Å². The van der Waals surface area contributed by atoms with E-state index in [1.54, 1.807) is 6.07 Å². The number of halogens is 2. The predicted molar refractivity (Wildman–Crippen MR) is 63.7 cm³/mol. The Morgan fingerprint density at radius 3 is 2.80 bits per heavy atom. The molecule has 4 heteroatoms. The van der Waals surface area contributed by atoms with Gasteiger partial charge in [0.15, 0.2) is 0 Å². The first-order chi connectivity index (χ1) is 7.20. The summed E-state index contributed by atoms with van der Waals surface area (Å²) in [6.07, 6.45) is 2.35. The SMILES string of the molecule is N#CC(NC1CC1)c1ccc(Cl)c(Br)c1. The highest BCUT2D eigenvalue weighted by molar-refractivity contribution is 9.10. The van der Waals surface area contributed by atoms with Crippen LogP contribution in [0, 0.1) is 11.3 Å². The number of nitrogens with zero attached hydrogens (tertiary/aromatic N) is 1. The third kappa shape index (κ3) is 2.72. The first-order valence-electron chi connectivity index (χ1n) is 4.81. The quantitative estimate of drug-likeness (QED) is 0.923. The molecule has 78 valence electrons. The lowest BCUT2D eigenvalue weighted by Crippen LogP contribution is -2.21. The largest absolute Gasteiger partial charge is 0.295 e. The molecule has 0 saturated heterocycles. The van der Waals surface area contributed by atoms with Crippen LogP contribution in [0.15, 0.2) is 22.7 Å². The normalized spacial score (nSPS) is 17.1. The topological polar surface area (TPSA) is 35.8 Å². The van der Waals surface area contributed by atoms with Gasteiger partial charge in [0.25, 0.3) is 0 Å². The molecule has 2 nitrogen and oxygen atoms in total. The van der Waals surface area contributed by atoms with Gasteiger partial charge in [0.05, 0.1) is 11.1 Å². The molecular weight excluding hydrogens is 275 g/mol. The Labute approximate surface area is 102 Å². The molecule has 1 saturated carbocycles. The zero-order chi connectivity index (χ0) is 10.8. The van der Waals surface area contributed by atoms with E-state index in [2.05, 4.69) is 27.3 Å². The molecule has 0 spiro atoms. The molecule has 2 rings (SSSR count). The average molecular weight is 286 g/mol. The Kier molecular flexibility index (Phi) is 3.30. The second-order valence-electron chi connectivity index (χ2n) is 3.68. The molecular formula is C11H10BrClN2. The first kappa shape index (κ1) is 10.9. The van der Waals surface area contributed by atoms with Crippen molar-refractivity contribution in [2.45, 2.75) is 24.9 Å². The van der Waals surface area contributed by atoms with Gasteiger partial charge in [-0.05, 0) is 46.5 Å². The van der Waals surface area contributed by atoms with E-state index in [-0.39, 0.29) is 6.04 Å². The lowest BCUT2D eigenvalue weighted by molar-refractivity contribution is 0.626. The molecule has 1 fully saturated rings. The third-order valence-corrected chi connectivity index (χ3v) is 3.60. The fraction of sp³-hybridized carbons (Fsp3) is 0.364. The van der Waals surface area contributed by atoms with Crippen molar-refractivity contribution in [1.82, 2.24) is 5.32 Å². The van der Waals surface area contributed by atoms with Crippen molar-refractivity contribution in [1.29, 1.82) is 5.26 Å². The van der Waals surface area contributed by atoms with Gasteiger partial charge >= 0.3 is 0 Å². The van der Waals surface area contributed by atoms with Crippen molar-refractivity contribution < 1.29 is 0 Å². The number of rotatable bonds is 3. The van der Waals surface area contributed by atoms with Crippen LogP contribution in [-0.2, 0) is 0 Å². The maximum absolute atomic E-state index is 9.06. The number of benzene rings is 1. The van der Waals surface area contributed by atoms with Crippen LogP contribution in [0.3, 0.4) is 0 Å². The molecule has 0 radical (unpaired) electrons. The average Bonchev–Trinajstić information content (AvgIpc) is 3.02. The summed E-state index contributed by atoms with van der Waals surface area (Å²) in [6, 6.07) is 8.13. The van der Waals surface area contributed by atoms with Crippen LogP contribution in [0.1, 0.15) is 24.4 Å². The van der Waals surface area contributed by atoms with Crippen LogP contribution in [0.2, 0.25) is 5.02 Å². The molecule has 1 N–H and O–H groups in total. The van der Waals surface area contributed by atoms with Crippen LogP contribution in [0.4, 0.5) is 0 Å². The van der Waals surface area contributed by atoms with Crippen LogP contribution in [-0.4, -0.2) is 6.04 Å². The van der Waals surface area contributed by atoms with Gasteiger partial charge in [0.1, 0.15) is 6.04 Å². The standard InChI is InChI=1S/C11H10BrClN2/c12-9-5-7(1-4-10(9)13)11(6-14)15-8-2-3-8/h1,4-5,8,11,15H,2-3H2. The second kappa shape index (κ2) is 4.52. The molecule has 1 atom stereocenters. The monoisotopic (exact) mass is 284 g/mol. The highest BCUT2D eigenvalue weighted by Crippen LogP contribution is 2.28. The minimum atomic E-state index is -0.230. The molecule has 0 bridgehead atoms. The fourth-order valence-corrected chi connectivity index (χ4v) is 1.90. The van der Waals surface area contributed by atoms with E-state index >= 15 is 0 Å². The molecule has 0 amide bonds. The van der Waals surface area contributed by atoms with E-state index < -0.39 is 0 Å². The highest BCUT2D eigenvalue weighted by atomic mass is 79.9. The van der Waals surface area contributed by atoms with Crippen LogP contribution in [0.5, 0.6) is 0 Å². The summed E-state index contributed by atoms with van der Waals surface area (Å²) in [6.45, 7) is 0. The summed E-state index contributed by atoms with van der Waals surface area (Å²) in [5, 5.41) is 13.0. The molecule has 1 aliphatic rings. The molecule has 1 aromatic carbocycles. The van der Waals surface area contributed by atoms with Gasteiger partial charge in [0, 0.05) is 10.5 Å². The Morgan fingerprint density at radius 1 is 1.53 bits per heavy atom. The van der Waals surface area contributed by atoms with E-state index in [9.17, 15) is 0 Å². The predicted octanol–water partition coefficient (Wildman–Crippen LogP) is 3.42. The zero-order valence-electron chi connectivity index (χ0n) is 8.00. The summed E-state index contributed by atoms with van der Waals surface area (Å²) < 4.78 is 0.833. The minimum Gasteiger partial charge on any atom is -0.295 e. The zero-order valence-corrected chi connectivity index (χ0v) is 10.3. The lowest BCUT2D eigenvalue weighted by Gasteiger charge is -2.11. The van der Waals surface area contributed by atoms with Gasteiger partial charge in [-0.15, -0.1) is 0 Å². The lowest BCUT2D eigenvalue weighted by atomic mass is 10.1. The van der Waals surface area contributed by atoms with Gasteiger partial charge < -0.3 is 0 Å². The number of hydrogen-bond acceptors (Lipinski definition) is 2. The number of nitrogens with one attached hydrogen (secondary N) is 1. The summed E-state index contributed by atoms with van der Waals surface area (Å²) >= 11 is 9.25. The van der Waals surface area contributed by atoms with Crippen molar-refractivity contribution in [3.63, 3.8) is 0 Å². The summed E-state index contributed by atoms with van der Waals surface area (Å²) in [7, 11) is 0. The Hall–Kier alpha value is -0.560. The summed E-state index contributed by atoms with van der Waals surface area (Å²) in [5.41, 5.74) is 0.959. The van der Waals surface area contributed by atoms with Gasteiger partial charge in [-0.3, -0.25) is 5.32 Å². The molecule has 0 aromatic heterocycles. The molecule has 0 aliphatic heterocycles. The van der Waals surface area contributed by atoms with E-state index in [0.717, 1.165) is 10.0 Å². The van der Waals surface area contributed by atoms with E-state index in [0.29, 0.717) is 11.1 Å². The molecule has 1 unspecified atom stereocenters. The fourth-order valence-electron chi connectivity index (χ4n) is 1.39. The van der Waals surface area contributed by atoms with Gasteiger partial charge in [-0.25, -0.2) is 0 Å². The van der Waals surface area contributed by atoms with Crippen LogP contribution >= 0.6 is 27.5 Å². The van der Waals surface area contributed by atoms with Crippen molar-refractivity contribution in [3.8, 4) is 6.07 Å². The third-order valence-electron chi connectivity index (χ3n) is 2.39. The smallest absolute Gasteiger partial charge is 0.121 e. The van der Waals surface area contributed by atoms with E-state index in [1.807, 2.05) is 12.1 Å². The highest BCUT2D eigenvalue weighted by Gasteiger charge is 2.25. The van der Waals surface area contributed by atoms with Gasteiger partial charge in [-0.1, -0.05) is 17.7 Å².